The van der Waals surface area contributed by atoms with E-state index in [2.05, 4.69) is 20.6 Å². The van der Waals surface area contributed by atoms with Crippen LogP contribution in [0, 0.1) is 5.82 Å². The van der Waals surface area contributed by atoms with E-state index < -0.39 is 0 Å². The van der Waals surface area contributed by atoms with Crippen LogP contribution in [0.4, 0.5) is 27.5 Å². The van der Waals surface area contributed by atoms with Crippen LogP contribution in [0.15, 0.2) is 30.5 Å². The van der Waals surface area contributed by atoms with E-state index in [4.69, 9.17) is 10.5 Å². The van der Waals surface area contributed by atoms with Crippen molar-refractivity contribution in [2.45, 2.75) is 37.8 Å². The second kappa shape index (κ2) is 8.70. The highest BCUT2D eigenvalue weighted by atomic mass is 19.1. The van der Waals surface area contributed by atoms with Crippen LogP contribution < -0.4 is 21.3 Å². The zero-order chi connectivity index (χ0) is 19.3. The molecule has 7 nitrogen and oxygen atoms in total. The number of nitrogens with one attached hydrogen (secondary N) is 2. The second-order valence-electron chi connectivity index (χ2n) is 7.36. The van der Waals surface area contributed by atoms with Gasteiger partial charge in [0.05, 0.1) is 18.9 Å². The Kier molecular flexibility index (Phi) is 5.87. The molecule has 8 heteroatoms. The van der Waals surface area contributed by atoms with Crippen molar-refractivity contribution < 1.29 is 9.13 Å². The lowest BCUT2D eigenvalue weighted by Gasteiger charge is -2.29. The van der Waals surface area contributed by atoms with Gasteiger partial charge in [-0.25, -0.2) is 9.37 Å². The fraction of sp³-hybridized carbons (Fsp3) is 0.500. The summed E-state index contributed by atoms with van der Waals surface area (Å²) in [6.45, 7) is 2.66. The van der Waals surface area contributed by atoms with Gasteiger partial charge in [-0.05, 0) is 37.1 Å². The van der Waals surface area contributed by atoms with E-state index in [1.54, 1.807) is 18.3 Å². The van der Waals surface area contributed by atoms with E-state index >= 15 is 0 Å². The average Bonchev–Trinajstić information content (AvgIpc) is 2.71. The summed E-state index contributed by atoms with van der Waals surface area (Å²) in [5.74, 6) is 0.894. The first-order valence-electron chi connectivity index (χ1n) is 9.93. The minimum absolute atomic E-state index is 0.121. The fourth-order valence-corrected chi connectivity index (χ4v) is 3.80. The largest absolute Gasteiger partial charge is 0.378 e. The molecule has 1 saturated heterocycles. The first-order chi connectivity index (χ1) is 13.7. The Bertz CT molecular complexity index is 798. The van der Waals surface area contributed by atoms with Crippen molar-refractivity contribution in [2.75, 3.05) is 41.8 Å². The summed E-state index contributed by atoms with van der Waals surface area (Å²) in [4.78, 5) is 10.8. The van der Waals surface area contributed by atoms with Gasteiger partial charge in [0.1, 0.15) is 11.6 Å². The molecule has 0 amide bonds. The van der Waals surface area contributed by atoms with Crippen LogP contribution in [-0.4, -0.2) is 48.4 Å². The van der Waals surface area contributed by atoms with Crippen LogP contribution in [0.3, 0.4) is 0 Å². The quantitative estimate of drug-likeness (QED) is 0.728. The van der Waals surface area contributed by atoms with E-state index in [1.165, 1.54) is 12.5 Å². The molecule has 2 aromatic rings. The van der Waals surface area contributed by atoms with Gasteiger partial charge in [0.15, 0.2) is 0 Å². The van der Waals surface area contributed by atoms with Gasteiger partial charge in [0.2, 0.25) is 5.95 Å². The third-order valence-corrected chi connectivity index (χ3v) is 5.36. The van der Waals surface area contributed by atoms with Crippen molar-refractivity contribution in [3.8, 4) is 0 Å². The predicted octanol–water partition coefficient (Wildman–Crippen LogP) is 2.88. The highest BCUT2D eigenvalue weighted by Gasteiger charge is 2.22. The minimum atomic E-state index is -0.257. The molecular formula is C20H27FN6O. The molecule has 0 bridgehead atoms. The molecule has 0 spiro atoms. The second-order valence-corrected chi connectivity index (χ2v) is 7.36. The average molecular weight is 386 g/mol. The Hall–Kier alpha value is -2.45. The number of hydrogen-bond donors (Lipinski definition) is 3. The van der Waals surface area contributed by atoms with Crippen LogP contribution in [0.5, 0.6) is 0 Å². The van der Waals surface area contributed by atoms with Gasteiger partial charge in [0, 0.05) is 37.1 Å². The monoisotopic (exact) mass is 386 g/mol. The topological polar surface area (TPSA) is 88.3 Å². The molecule has 28 heavy (non-hydrogen) atoms. The number of halogens is 1. The molecular weight excluding hydrogens is 359 g/mol. The van der Waals surface area contributed by atoms with E-state index in [0.717, 1.165) is 19.3 Å². The molecule has 4 N–H and O–H groups in total. The summed E-state index contributed by atoms with van der Waals surface area (Å²) in [6, 6.07) is 7.23. The van der Waals surface area contributed by atoms with E-state index in [-0.39, 0.29) is 17.9 Å². The summed E-state index contributed by atoms with van der Waals surface area (Å²) in [7, 11) is 0. The normalized spacial score (nSPS) is 22.7. The maximum Gasteiger partial charge on any atom is 0.224 e. The van der Waals surface area contributed by atoms with Gasteiger partial charge >= 0.3 is 0 Å². The Morgan fingerprint density at radius 1 is 1.14 bits per heavy atom. The zero-order valence-electron chi connectivity index (χ0n) is 15.9. The summed E-state index contributed by atoms with van der Waals surface area (Å²) >= 11 is 0. The number of benzene rings is 1. The molecule has 2 atom stereocenters. The summed E-state index contributed by atoms with van der Waals surface area (Å²) in [5.41, 5.74) is 7.44. The summed E-state index contributed by atoms with van der Waals surface area (Å²) < 4.78 is 19.9. The van der Waals surface area contributed by atoms with Gasteiger partial charge in [-0.3, -0.25) is 0 Å². The number of ether oxygens (including phenoxy) is 1. The van der Waals surface area contributed by atoms with E-state index in [1.807, 2.05) is 11.0 Å². The molecule has 2 fully saturated rings. The van der Waals surface area contributed by atoms with Crippen molar-refractivity contribution in [1.82, 2.24) is 9.97 Å². The van der Waals surface area contributed by atoms with Gasteiger partial charge in [0.25, 0.3) is 0 Å². The van der Waals surface area contributed by atoms with Crippen LogP contribution in [0.2, 0.25) is 0 Å². The molecule has 1 aliphatic heterocycles. The lowest BCUT2D eigenvalue weighted by Crippen LogP contribution is -2.42. The van der Waals surface area contributed by atoms with Gasteiger partial charge in [-0.15, -0.1) is 0 Å². The predicted molar refractivity (Wildman–Crippen MR) is 109 cm³/mol. The molecule has 1 aromatic carbocycles. The molecule has 1 aromatic heterocycles. The third-order valence-electron chi connectivity index (χ3n) is 5.36. The molecule has 1 saturated carbocycles. The molecule has 0 unspecified atom stereocenters. The lowest BCUT2D eigenvalue weighted by molar-refractivity contribution is 0.122. The standard InChI is InChI=1S/C20H27FN6O/c21-15-13-14(5-6-18(15)27-9-11-28-12-10-27)24-19-7-8-23-20(26-19)25-17-4-2-1-3-16(17)22/h5-8,13,16-17H,1-4,9-12,22H2,(H2,23,24,25,26)/t16-,17+/m0/s1. The number of hydrogen-bond acceptors (Lipinski definition) is 7. The highest BCUT2D eigenvalue weighted by molar-refractivity contribution is 5.62. The molecule has 0 radical (unpaired) electrons. The summed E-state index contributed by atoms with van der Waals surface area (Å²) in [5, 5.41) is 6.50. The third kappa shape index (κ3) is 4.51. The molecule has 2 aliphatic rings. The number of aromatic nitrogens is 2. The van der Waals surface area contributed by atoms with Gasteiger partial charge < -0.3 is 26.0 Å². The number of nitrogens with two attached hydrogens (primary N) is 1. The number of anilines is 4. The lowest BCUT2D eigenvalue weighted by atomic mass is 9.91. The van der Waals surface area contributed by atoms with Crippen molar-refractivity contribution in [2.24, 2.45) is 5.73 Å². The first-order valence-corrected chi connectivity index (χ1v) is 9.93. The Morgan fingerprint density at radius 2 is 1.96 bits per heavy atom. The Balaban J connectivity index is 1.43. The SMILES string of the molecule is N[C@H]1CCCC[C@H]1Nc1nccc(Nc2ccc(N3CCOCC3)c(F)c2)n1. The van der Waals surface area contributed by atoms with E-state index in [9.17, 15) is 4.39 Å². The highest BCUT2D eigenvalue weighted by Crippen LogP contribution is 2.26. The van der Waals surface area contributed by atoms with Crippen molar-refractivity contribution >= 4 is 23.1 Å². The maximum absolute atomic E-state index is 14.6. The number of morpholine rings is 1. The van der Waals surface area contributed by atoms with Crippen molar-refractivity contribution in [3.05, 3.63) is 36.3 Å². The van der Waals surface area contributed by atoms with Gasteiger partial charge in [-0.2, -0.15) is 4.98 Å². The van der Waals surface area contributed by atoms with Crippen molar-refractivity contribution in [3.63, 3.8) is 0 Å². The maximum atomic E-state index is 14.6. The summed E-state index contributed by atoms with van der Waals surface area (Å²) in [6.07, 6.45) is 6.07. The van der Waals surface area contributed by atoms with Crippen LogP contribution >= 0.6 is 0 Å². The van der Waals surface area contributed by atoms with Crippen molar-refractivity contribution in [1.29, 1.82) is 0 Å². The Labute approximate surface area is 164 Å². The molecule has 4 rings (SSSR count). The molecule has 2 heterocycles. The first kappa shape index (κ1) is 18.9. The minimum Gasteiger partial charge on any atom is -0.378 e. The zero-order valence-corrected chi connectivity index (χ0v) is 15.9. The fourth-order valence-electron chi connectivity index (χ4n) is 3.80. The Morgan fingerprint density at radius 3 is 2.75 bits per heavy atom. The molecule has 150 valence electrons. The van der Waals surface area contributed by atoms with Crippen LogP contribution in [0.1, 0.15) is 25.7 Å². The van der Waals surface area contributed by atoms with Crippen LogP contribution in [0.25, 0.3) is 0 Å². The smallest absolute Gasteiger partial charge is 0.224 e. The van der Waals surface area contributed by atoms with E-state index in [0.29, 0.717) is 49.4 Å². The molecule has 1 aliphatic carbocycles. The van der Waals surface area contributed by atoms with Gasteiger partial charge in [-0.1, -0.05) is 12.8 Å². The number of nitrogens with zero attached hydrogens (tertiary/aromatic N) is 3. The number of rotatable bonds is 5. The van der Waals surface area contributed by atoms with Crippen LogP contribution in [-0.2, 0) is 4.74 Å².